The van der Waals surface area contributed by atoms with Crippen molar-refractivity contribution in [3.63, 3.8) is 0 Å². The fourth-order valence-corrected chi connectivity index (χ4v) is 2.69. The van der Waals surface area contributed by atoms with Gasteiger partial charge in [-0.15, -0.1) is 0 Å². The van der Waals surface area contributed by atoms with Crippen molar-refractivity contribution in [1.82, 2.24) is 4.98 Å². The van der Waals surface area contributed by atoms with Crippen LogP contribution in [0.3, 0.4) is 0 Å². The van der Waals surface area contributed by atoms with Gasteiger partial charge in [0.05, 0.1) is 7.11 Å². The van der Waals surface area contributed by atoms with Gasteiger partial charge in [0.2, 0.25) is 0 Å². The number of pyridine rings is 1. The van der Waals surface area contributed by atoms with Crippen LogP contribution in [0.25, 0.3) is 10.8 Å². The topological polar surface area (TPSA) is 60.2 Å². The highest BCUT2D eigenvalue weighted by molar-refractivity contribution is 5.92. The summed E-state index contributed by atoms with van der Waals surface area (Å²) in [4.78, 5) is 4.47. The Bertz CT molecular complexity index is 608. The Balaban J connectivity index is 1.81. The smallest absolute Gasteiger partial charge is 0.133 e. The minimum Gasteiger partial charge on any atom is -0.497 e. The quantitative estimate of drug-likeness (QED) is 0.848. The number of nitrogens with one attached hydrogen (secondary N) is 1. The third-order valence-electron chi connectivity index (χ3n) is 4.23. The highest BCUT2D eigenvalue weighted by atomic mass is 16.5. The first kappa shape index (κ1) is 13.2. The summed E-state index contributed by atoms with van der Waals surface area (Å²) in [6.45, 7) is 1.73. The number of rotatable bonds is 6. The van der Waals surface area contributed by atoms with Crippen LogP contribution in [0.2, 0.25) is 0 Å². The van der Waals surface area contributed by atoms with E-state index in [0.29, 0.717) is 5.41 Å². The van der Waals surface area contributed by atoms with Crippen molar-refractivity contribution in [2.75, 3.05) is 25.5 Å². The molecule has 0 atom stereocenters. The maximum absolute atomic E-state index is 5.69. The van der Waals surface area contributed by atoms with Crippen molar-refractivity contribution in [3.8, 4) is 5.75 Å². The van der Waals surface area contributed by atoms with E-state index >= 15 is 0 Å². The third-order valence-corrected chi connectivity index (χ3v) is 4.23. The number of hydrogen-bond donors (Lipinski definition) is 2. The predicted molar refractivity (Wildman–Crippen MR) is 82.1 cm³/mol. The SMILES string of the molecule is COc1ccc2c(NCC3(CCN)CC3)nccc2c1. The maximum atomic E-state index is 5.69. The van der Waals surface area contributed by atoms with E-state index in [4.69, 9.17) is 10.5 Å². The van der Waals surface area contributed by atoms with Crippen LogP contribution in [0.4, 0.5) is 5.82 Å². The van der Waals surface area contributed by atoms with Crippen molar-refractivity contribution >= 4 is 16.6 Å². The van der Waals surface area contributed by atoms with Crippen molar-refractivity contribution in [2.24, 2.45) is 11.1 Å². The number of benzene rings is 1. The van der Waals surface area contributed by atoms with Crippen LogP contribution in [0, 0.1) is 5.41 Å². The van der Waals surface area contributed by atoms with Gasteiger partial charge in [0.25, 0.3) is 0 Å². The van der Waals surface area contributed by atoms with Gasteiger partial charge in [0.15, 0.2) is 0 Å². The average molecular weight is 271 g/mol. The Morgan fingerprint density at radius 1 is 1.35 bits per heavy atom. The second-order valence-corrected chi connectivity index (χ2v) is 5.64. The van der Waals surface area contributed by atoms with Crippen LogP contribution >= 0.6 is 0 Å². The molecule has 106 valence electrons. The van der Waals surface area contributed by atoms with Gasteiger partial charge in [0.1, 0.15) is 11.6 Å². The minimum atomic E-state index is 0.408. The zero-order valence-electron chi connectivity index (χ0n) is 11.9. The van der Waals surface area contributed by atoms with Crippen molar-refractivity contribution in [2.45, 2.75) is 19.3 Å². The fourth-order valence-electron chi connectivity index (χ4n) is 2.69. The number of methoxy groups -OCH3 is 1. The second kappa shape index (κ2) is 5.29. The van der Waals surface area contributed by atoms with E-state index < -0.39 is 0 Å². The summed E-state index contributed by atoms with van der Waals surface area (Å²) >= 11 is 0. The molecule has 3 rings (SSSR count). The molecule has 0 bridgehead atoms. The van der Waals surface area contributed by atoms with E-state index in [1.54, 1.807) is 7.11 Å². The summed E-state index contributed by atoms with van der Waals surface area (Å²) in [5.41, 5.74) is 6.10. The van der Waals surface area contributed by atoms with E-state index in [1.165, 1.54) is 12.8 Å². The lowest BCUT2D eigenvalue weighted by Gasteiger charge is -2.16. The molecule has 1 aromatic carbocycles. The molecule has 0 saturated heterocycles. The summed E-state index contributed by atoms with van der Waals surface area (Å²) in [5.74, 6) is 1.82. The van der Waals surface area contributed by atoms with Crippen LogP contribution in [-0.2, 0) is 0 Å². The molecule has 2 aromatic rings. The normalized spacial score (nSPS) is 16.1. The Hall–Kier alpha value is -1.81. The molecule has 0 spiro atoms. The summed E-state index contributed by atoms with van der Waals surface area (Å²) in [6, 6.07) is 8.08. The Morgan fingerprint density at radius 2 is 2.20 bits per heavy atom. The molecular formula is C16H21N3O. The first-order valence-electron chi connectivity index (χ1n) is 7.13. The second-order valence-electron chi connectivity index (χ2n) is 5.64. The van der Waals surface area contributed by atoms with Crippen LogP contribution in [-0.4, -0.2) is 25.2 Å². The molecule has 1 aliphatic carbocycles. The van der Waals surface area contributed by atoms with Gasteiger partial charge >= 0.3 is 0 Å². The molecule has 1 aliphatic rings. The molecule has 3 N–H and O–H groups in total. The molecular weight excluding hydrogens is 250 g/mol. The van der Waals surface area contributed by atoms with Gasteiger partial charge < -0.3 is 15.8 Å². The summed E-state index contributed by atoms with van der Waals surface area (Å²) < 4.78 is 5.26. The number of anilines is 1. The minimum absolute atomic E-state index is 0.408. The molecule has 0 radical (unpaired) electrons. The average Bonchev–Trinajstić information content (AvgIpc) is 3.25. The molecule has 1 aromatic heterocycles. The molecule has 0 aliphatic heterocycles. The zero-order valence-corrected chi connectivity index (χ0v) is 11.9. The highest BCUT2D eigenvalue weighted by Gasteiger charge is 2.41. The lowest BCUT2D eigenvalue weighted by atomic mass is 10.0. The number of ether oxygens (including phenoxy) is 1. The summed E-state index contributed by atoms with van der Waals surface area (Å²) in [5, 5.41) is 5.79. The summed E-state index contributed by atoms with van der Waals surface area (Å²) in [6.07, 6.45) is 5.48. The number of nitrogens with zero attached hydrogens (tertiary/aromatic N) is 1. The van der Waals surface area contributed by atoms with Crippen LogP contribution in [0.1, 0.15) is 19.3 Å². The van der Waals surface area contributed by atoms with Gasteiger partial charge in [-0.1, -0.05) is 0 Å². The summed E-state index contributed by atoms with van der Waals surface area (Å²) in [7, 11) is 1.69. The van der Waals surface area contributed by atoms with Gasteiger partial charge in [-0.3, -0.25) is 0 Å². The zero-order chi connectivity index (χ0) is 14.0. The molecule has 20 heavy (non-hydrogen) atoms. The van der Waals surface area contributed by atoms with E-state index in [0.717, 1.165) is 41.9 Å². The number of aromatic nitrogens is 1. The molecule has 0 unspecified atom stereocenters. The molecule has 4 heteroatoms. The third kappa shape index (κ3) is 2.56. The Kier molecular flexibility index (Phi) is 3.49. The Labute approximate surface area is 119 Å². The maximum Gasteiger partial charge on any atom is 0.133 e. The predicted octanol–water partition coefficient (Wildman–Crippen LogP) is 2.78. The van der Waals surface area contributed by atoms with Crippen molar-refractivity contribution < 1.29 is 4.74 Å². The number of fused-ring (bicyclic) bond motifs is 1. The van der Waals surface area contributed by atoms with E-state index in [-0.39, 0.29) is 0 Å². The first-order valence-corrected chi connectivity index (χ1v) is 7.13. The van der Waals surface area contributed by atoms with Crippen LogP contribution < -0.4 is 15.8 Å². The fraction of sp³-hybridized carbons (Fsp3) is 0.438. The van der Waals surface area contributed by atoms with Crippen molar-refractivity contribution in [3.05, 3.63) is 30.5 Å². The Morgan fingerprint density at radius 3 is 2.90 bits per heavy atom. The highest BCUT2D eigenvalue weighted by Crippen LogP contribution is 2.48. The van der Waals surface area contributed by atoms with Gasteiger partial charge in [-0.25, -0.2) is 4.98 Å². The standard InChI is InChI=1S/C16H21N3O/c1-20-13-2-3-14-12(10-13)4-9-18-15(14)19-11-16(5-6-16)7-8-17/h2-4,9-10H,5-8,11,17H2,1H3,(H,18,19). The lowest BCUT2D eigenvalue weighted by Crippen LogP contribution is -2.19. The van der Waals surface area contributed by atoms with E-state index in [2.05, 4.69) is 16.4 Å². The molecule has 0 amide bonds. The van der Waals surface area contributed by atoms with Crippen molar-refractivity contribution in [1.29, 1.82) is 0 Å². The van der Waals surface area contributed by atoms with Crippen LogP contribution in [0.15, 0.2) is 30.5 Å². The monoisotopic (exact) mass is 271 g/mol. The molecule has 1 fully saturated rings. The number of hydrogen-bond acceptors (Lipinski definition) is 4. The van der Waals surface area contributed by atoms with Crippen LogP contribution in [0.5, 0.6) is 5.75 Å². The lowest BCUT2D eigenvalue weighted by molar-refractivity contribution is 0.415. The molecule has 1 saturated carbocycles. The molecule has 1 heterocycles. The van der Waals surface area contributed by atoms with E-state index in [1.807, 2.05) is 24.4 Å². The van der Waals surface area contributed by atoms with Gasteiger partial charge in [-0.2, -0.15) is 0 Å². The molecule has 4 nitrogen and oxygen atoms in total. The number of nitrogens with two attached hydrogens (primary N) is 1. The van der Waals surface area contributed by atoms with Gasteiger partial charge in [-0.05, 0) is 60.9 Å². The van der Waals surface area contributed by atoms with E-state index in [9.17, 15) is 0 Å². The first-order chi connectivity index (χ1) is 9.76. The van der Waals surface area contributed by atoms with Gasteiger partial charge in [0, 0.05) is 18.1 Å². The largest absolute Gasteiger partial charge is 0.497 e.